The second-order valence-electron chi connectivity index (χ2n) is 7.37. The number of carbonyl (C=O) groups excluding carboxylic acids is 1. The molecule has 1 aliphatic rings. The summed E-state index contributed by atoms with van der Waals surface area (Å²) < 4.78 is 0. The Morgan fingerprint density at radius 3 is 2.20 bits per heavy atom. The number of hydrogen-bond acceptors (Lipinski definition) is 2. The molecule has 0 aliphatic carbocycles. The summed E-state index contributed by atoms with van der Waals surface area (Å²) >= 11 is 0. The van der Waals surface area contributed by atoms with Crippen molar-refractivity contribution in [3.63, 3.8) is 0 Å². The lowest BCUT2D eigenvalue weighted by Crippen LogP contribution is -2.57. The number of piperazine rings is 1. The minimum atomic E-state index is 0.154. The van der Waals surface area contributed by atoms with Crippen molar-refractivity contribution in [1.82, 2.24) is 9.80 Å². The zero-order valence-electron chi connectivity index (χ0n) is 15.7. The number of hydrogen-bond donors (Lipinski definition) is 0. The number of carbonyl (C=O) groups is 1. The number of aryl methyl sites for hydroxylation is 2. The minimum Gasteiger partial charge on any atom is -0.336 e. The molecular formula is C22H28N2O. The molecule has 0 radical (unpaired) electrons. The Kier molecular flexibility index (Phi) is 5.24. The van der Waals surface area contributed by atoms with Gasteiger partial charge < -0.3 is 4.90 Å². The van der Waals surface area contributed by atoms with Crippen LogP contribution in [0.1, 0.15) is 40.9 Å². The molecule has 1 saturated heterocycles. The molecule has 0 saturated carbocycles. The summed E-state index contributed by atoms with van der Waals surface area (Å²) in [5, 5.41) is 0. The molecule has 1 amide bonds. The quantitative estimate of drug-likeness (QED) is 0.844. The maximum absolute atomic E-state index is 12.9. The maximum Gasteiger partial charge on any atom is 0.253 e. The first kappa shape index (κ1) is 17.7. The molecule has 2 unspecified atom stereocenters. The van der Waals surface area contributed by atoms with Gasteiger partial charge in [-0.15, -0.1) is 0 Å². The van der Waals surface area contributed by atoms with Crippen LogP contribution in [0.2, 0.25) is 0 Å². The van der Waals surface area contributed by atoms with Crippen molar-refractivity contribution in [3.05, 3.63) is 70.8 Å². The molecule has 3 nitrogen and oxygen atoms in total. The lowest BCUT2D eigenvalue weighted by molar-refractivity contribution is 0.0269. The topological polar surface area (TPSA) is 23.6 Å². The molecule has 0 N–H and O–H groups in total. The Bertz CT molecular complexity index is 729. The van der Waals surface area contributed by atoms with Crippen molar-refractivity contribution in [2.45, 2.75) is 46.3 Å². The van der Waals surface area contributed by atoms with Crippen LogP contribution < -0.4 is 0 Å². The van der Waals surface area contributed by atoms with E-state index in [2.05, 4.69) is 62.9 Å². The van der Waals surface area contributed by atoms with E-state index in [1.807, 2.05) is 23.1 Å². The molecule has 3 rings (SSSR count). The van der Waals surface area contributed by atoms with Gasteiger partial charge in [0.2, 0.25) is 0 Å². The van der Waals surface area contributed by atoms with Crippen molar-refractivity contribution in [1.29, 1.82) is 0 Å². The lowest BCUT2D eigenvalue weighted by atomic mass is 10.0. The van der Waals surface area contributed by atoms with Crippen molar-refractivity contribution in [3.8, 4) is 0 Å². The number of amides is 1. The Labute approximate surface area is 151 Å². The van der Waals surface area contributed by atoms with E-state index in [0.29, 0.717) is 12.1 Å². The molecule has 2 aromatic carbocycles. The van der Waals surface area contributed by atoms with E-state index in [4.69, 9.17) is 0 Å². The molecule has 1 fully saturated rings. The third kappa shape index (κ3) is 3.93. The predicted octanol–water partition coefficient (Wildman–Crippen LogP) is 4.04. The van der Waals surface area contributed by atoms with Crippen molar-refractivity contribution in [2.24, 2.45) is 0 Å². The molecule has 2 atom stereocenters. The smallest absolute Gasteiger partial charge is 0.253 e. The molecule has 2 aromatic rings. The second-order valence-corrected chi connectivity index (χ2v) is 7.37. The highest BCUT2D eigenvalue weighted by Crippen LogP contribution is 2.21. The molecule has 1 aliphatic heterocycles. The van der Waals surface area contributed by atoms with Crippen LogP contribution in [0.25, 0.3) is 0 Å². The standard InChI is InChI=1S/C22H28N2O/c1-16-10-11-21(12-17(16)2)22(25)23-13-18(3)24(19(4)14-23)15-20-8-6-5-7-9-20/h5-12,18-19H,13-15H2,1-4H3. The van der Waals surface area contributed by atoms with Crippen LogP contribution in [0.15, 0.2) is 48.5 Å². The Balaban J connectivity index is 1.70. The highest BCUT2D eigenvalue weighted by molar-refractivity contribution is 5.94. The van der Waals surface area contributed by atoms with Crippen LogP contribution in [-0.2, 0) is 6.54 Å². The fraction of sp³-hybridized carbons (Fsp3) is 0.409. The van der Waals surface area contributed by atoms with Gasteiger partial charge in [-0.05, 0) is 56.5 Å². The summed E-state index contributed by atoms with van der Waals surface area (Å²) in [5.74, 6) is 0.154. The number of rotatable bonds is 3. The monoisotopic (exact) mass is 336 g/mol. The minimum absolute atomic E-state index is 0.154. The predicted molar refractivity (Wildman–Crippen MR) is 103 cm³/mol. The van der Waals surface area contributed by atoms with Gasteiger partial charge in [0.25, 0.3) is 5.91 Å². The van der Waals surface area contributed by atoms with Crippen LogP contribution in [-0.4, -0.2) is 40.9 Å². The van der Waals surface area contributed by atoms with E-state index in [-0.39, 0.29) is 5.91 Å². The first-order valence-electron chi connectivity index (χ1n) is 9.12. The molecule has 0 spiro atoms. The van der Waals surface area contributed by atoms with Crippen molar-refractivity contribution < 1.29 is 4.79 Å². The van der Waals surface area contributed by atoms with E-state index in [9.17, 15) is 4.79 Å². The summed E-state index contributed by atoms with van der Waals surface area (Å²) in [6.07, 6.45) is 0. The van der Waals surface area contributed by atoms with E-state index < -0.39 is 0 Å². The molecular weight excluding hydrogens is 308 g/mol. The normalized spacial score (nSPS) is 21.4. The molecule has 1 heterocycles. The fourth-order valence-corrected chi connectivity index (χ4v) is 3.69. The molecule has 25 heavy (non-hydrogen) atoms. The molecule has 0 bridgehead atoms. The van der Waals surface area contributed by atoms with Crippen LogP contribution in [0.5, 0.6) is 0 Å². The third-order valence-corrected chi connectivity index (χ3v) is 5.35. The van der Waals surface area contributed by atoms with Crippen LogP contribution in [0, 0.1) is 13.8 Å². The third-order valence-electron chi connectivity index (χ3n) is 5.35. The highest BCUT2D eigenvalue weighted by Gasteiger charge is 2.32. The number of nitrogens with zero attached hydrogens (tertiary/aromatic N) is 2. The Morgan fingerprint density at radius 2 is 1.60 bits per heavy atom. The van der Waals surface area contributed by atoms with E-state index in [0.717, 1.165) is 25.2 Å². The first-order chi connectivity index (χ1) is 12.0. The van der Waals surface area contributed by atoms with Crippen LogP contribution in [0.3, 0.4) is 0 Å². The molecule has 3 heteroatoms. The van der Waals surface area contributed by atoms with Crippen molar-refractivity contribution >= 4 is 5.91 Å². The summed E-state index contributed by atoms with van der Waals surface area (Å²) in [7, 11) is 0. The SMILES string of the molecule is Cc1ccc(C(=O)N2CC(C)N(Cc3ccccc3)C(C)C2)cc1C. The van der Waals surface area contributed by atoms with E-state index >= 15 is 0 Å². The summed E-state index contributed by atoms with van der Waals surface area (Å²) in [6, 6.07) is 17.3. The largest absolute Gasteiger partial charge is 0.336 e. The van der Waals surface area contributed by atoms with Gasteiger partial charge in [-0.1, -0.05) is 36.4 Å². The van der Waals surface area contributed by atoms with Crippen LogP contribution in [0.4, 0.5) is 0 Å². The number of benzene rings is 2. The van der Waals surface area contributed by atoms with Gasteiger partial charge in [0.1, 0.15) is 0 Å². The lowest BCUT2D eigenvalue weighted by Gasteiger charge is -2.44. The Hall–Kier alpha value is -2.13. The van der Waals surface area contributed by atoms with E-state index in [1.165, 1.54) is 16.7 Å². The zero-order chi connectivity index (χ0) is 18.0. The Morgan fingerprint density at radius 1 is 0.960 bits per heavy atom. The highest BCUT2D eigenvalue weighted by atomic mass is 16.2. The van der Waals surface area contributed by atoms with Gasteiger partial charge in [0.05, 0.1) is 0 Å². The average molecular weight is 336 g/mol. The fourth-order valence-electron chi connectivity index (χ4n) is 3.69. The van der Waals surface area contributed by atoms with Gasteiger partial charge in [-0.2, -0.15) is 0 Å². The second kappa shape index (κ2) is 7.40. The summed E-state index contributed by atoms with van der Waals surface area (Å²) in [6.45, 7) is 11.1. The summed E-state index contributed by atoms with van der Waals surface area (Å²) in [4.78, 5) is 17.4. The average Bonchev–Trinajstić information content (AvgIpc) is 2.60. The van der Waals surface area contributed by atoms with Crippen LogP contribution >= 0.6 is 0 Å². The van der Waals surface area contributed by atoms with Gasteiger partial charge in [-0.25, -0.2) is 0 Å². The van der Waals surface area contributed by atoms with Gasteiger partial charge in [0, 0.05) is 37.3 Å². The molecule has 132 valence electrons. The molecule has 0 aromatic heterocycles. The maximum atomic E-state index is 12.9. The van der Waals surface area contributed by atoms with E-state index in [1.54, 1.807) is 0 Å². The summed E-state index contributed by atoms with van der Waals surface area (Å²) in [5.41, 5.74) is 4.54. The first-order valence-corrected chi connectivity index (χ1v) is 9.12. The van der Waals surface area contributed by atoms with Gasteiger partial charge in [0.15, 0.2) is 0 Å². The zero-order valence-corrected chi connectivity index (χ0v) is 15.7. The van der Waals surface area contributed by atoms with Gasteiger partial charge in [-0.3, -0.25) is 9.69 Å². The van der Waals surface area contributed by atoms with Gasteiger partial charge >= 0.3 is 0 Å². The van der Waals surface area contributed by atoms with Crippen molar-refractivity contribution in [2.75, 3.05) is 13.1 Å².